The van der Waals surface area contributed by atoms with Gasteiger partial charge in [-0.25, -0.2) is 0 Å². The molecule has 0 bridgehead atoms. The summed E-state index contributed by atoms with van der Waals surface area (Å²) in [5, 5.41) is 7.12. The van der Waals surface area contributed by atoms with E-state index in [0.717, 1.165) is 29.3 Å². The smallest absolute Gasteiger partial charge is 0.181 e. The number of rotatable bonds is 4. The van der Waals surface area contributed by atoms with Crippen molar-refractivity contribution in [2.24, 2.45) is 0 Å². The second-order valence-corrected chi connectivity index (χ2v) is 4.66. The van der Waals surface area contributed by atoms with Crippen molar-refractivity contribution in [2.45, 2.75) is 20.4 Å². The summed E-state index contributed by atoms with van der Waals surface area (Å²) in [7, 11) is 0. The van der Waals surface area contributed by atoms with E-state index in [2.05, 4.69) is 36.5 Å². The van der Waals surface area contributed by atoms with Crippen LogP contribution in [0.5, 0.6) is 0 Å². The average molecular weight is 222 g/mol. The molecular formula is C11H14N2OS. The third-order valence-corrected chi connectivity index (χ3v) is 3.17. The second kappa shape index (κ2) is 4.59. The summed E-state index contributed by atoms with van der Waals surface area (Å²) in [6.07, 6.45) is 1.78. The first kappa shape index (κ1) is 10.4. The van der Waals surface area contributed by atoms with E-state index in [4.69, 9.17) is 4.52 Å². The van der Waals surface area contributed by atoms with E-state index in [-0.39, 0.29) is 0 Å². The van der Waals surface area contributed by atoms with E-state index in [1.165, 1.54) is 4.88 Å². The van der Waals surface area contributed by atoms with Gasteiger partial charge >= 0.3 is 0 Å². The van der Waals surface area contributed by atoms with Crippen LogP contribution in [0.2, 0.25) is 0 Å². The van der Waals surface area contributed by atoms with Crippen LogP contribution < -0.4 is 5.32 Å². The van der Waals surface area contributed by atoms with Crippen LogP contribution in [0.4, 0.5) is 0 Å². The van der Waals surface area contributed by atoms with Crippen molar-refractivity contribution in [2.75, 3.05) is 6.54 Å². The number of aryl methyl sites for hydroxylation is 1. The Morgan fingerprint density at radius 1 is 1.47 bits per heavy atom. The summed E-state index contributed by atoms with van der Waals surface area (Å²) in [6.45, 7) is 5.94. The number of nitrogens with one attached hydrogen (secondary N) is 1. The quantitative estimate of drug-likeness (QED) is 0.864. The first-order valence-electron chi connectivity index (χ1n) is 5.02. The molecule has 4 heteroatoms. The zero-order chi connectivity index (χ0) is 10.7. The maximum absolute atomic E-state index is 5.28. The molecule has 0 unspecified atom stereocenters. The highest BCUT2D eigenvalue weighted by Gasteiger charge is 2.11. The molecule has 3 nitrogen and oxygen atoms in total. The van der Waals surface area contributed by atoms with Gasteiger partial charge in [-0.05, 0) is 25.6 Å². The maximum atomic E-state index is 5.28. The summed E-state index contributed by atoms with van der Waals surface area (Å²) >= 11 is 1.73. The Labute approximate surface area is 93.1 Å². The Morgan fingerprint density at radius 2 is 2.33 bits per heavy atom. The molecule has 0 saturated heterocycles. The Balaban J connectivity index is 2.24. The monoisotopic (exact) mass is 222 g/mol. The maximum Gasteiger partial charge on any atom is 0.181 e. The normalized spacial score (nSPS) is 10.8. The standard InChI is InChI=1S/C11H14N2OS/c1-3-12-6-9-7-13-14-11(9)10-5-4-8(2)15-10/h4-5,7,12H,3,6H2,1-2H3. The fraction of sp³-hybridized carbons (Fsp3) is 0.364. The Hall–Kier alpha value is -1.13. The van der Waals surface area contributed by atoms with Crippen molar-refractivity contribution in [3.63, 3.8) is 0 Å². The van der Waals surface area contributed by atoms with Gasteiger partial charge in [0.05, 0.1) is 11.1 Å². The number of thiophene rings is 1. The summed E-state index contributed by atoms with van der Waals surface area (Å²) in [6, 6.07) is 4.18. The lowest BCUT2D eigenvalue weighted by atomic mass is 10.2. The van der Waals surface area contributed by atoms with Crippen molar-refractivity contribution in [3.8, 4) is 10.6 Å². The fourth-order valence-electron chi connectivity index (χ4n) is 1.41. The molecule has 0 aliphatic carbocycles. The lowest BCUT2D eigenvalue weighted by Gasteiger charge is -1.99. The molecule has 2 aromatic heterocycles. The van der Waals surface area contributed by atoms with Gasteiger partial charge in [0, 0.05) is 17.0 Å². The van der Waals surface area contributed by atoms with Crippen LogP contribution in [0.15, 0.2) is 22.9 Å². The van der Waals surface area contributed by atoms with Crippen LogP contribution in [0, 0.1) is 6.92 Å². The van der Waals surface area contributed by atoms with Crippen LogP contribution in [-0.2, 0) is 6.54 Å². The van der Waals surface area contributed by atoms with Gasteiger partial charge in [0.15, 0.2) is 5.76 Å². The average Bonchev–Trinajstić information content (AvgIpc) is 2.82. The van der Waals surface area contributed by atoms with Crippen LogP contribution in [-0.4, -0.2) is 11.7 Å². The molecule has 0 aliphatic heterocycles. The summed E-state index contributed by atoms with van der Waals surface area (Å²) < 4.78 is 5.28. The van der Waals surface area contributed by atoms with E-state index in [1.807, 2.05) is 0 Å². The lowest BCUT2D eigenvalue weighted by Crippen LogP contribution is -2.11. The molecule has 1 N–H and O–H groups in total. The molecule has 0 spiro atoms. The van der Waals surface area contributed by atoms with E-state index in [9.17, 15) is 0 Å². The van der Waals surface area contributed by atoms with Gasteiger partial charge in [-0.2, -0.15) is 0 Å². The molecule has 0 radical (unpaired) electrons. The number of hydrogen-bond acceptors (Lipinski definition) is 4. The summed E-state index contributed by atoms with van der Waals surface area (Å²) in [5.74, 6) is 0.897. The zero-order valence-electron chi connectivity index (χ0n) is 8.91. The lowest BCUT2D eigenvalue weighted by molar-refractivity contribution is 0.432. The van der Waals surface area contributed by atoms with E-state index < -0.39 is 0 Å². The summed E-state index contributed by atoms with van der Waals surface area (Å²) in [4.78, 5) is 2.44. The largest absolute Gasteiger partial charge is 0.355 e. The van der Waals surface area contributed by atoms with Gasteiger partial charge in [-0.15, -0.1) is 11.3 Å². The molecule has 0 saturated carbocycles. The third kappa shape index (κ3) is 2.27. The van der Waals surface area contributed by atoms with Crippen LogP contribution >= 0.6 is 11.3 Å². The van der Waals surface area contributed by atoms with Gasteiger partial charge in [-0.3, -0.25) is 0 Å². The van der Waals surface area contributed by atoms with Crippen LogP contribution in [0.3, 0.4) is 0 Å². The van der Waals surface area contributed by atoms with E-state index >= 15 is 0 Å². The van der Waals surface area contributed by atoms with E-state index in [1.54, 1.807) is 17.5 Å². The molecule has 2 heterocycles. The van der Waals surface area contributed by atoms with Gasteiger partial charge < -0.3 is 9.84 Å². The molecule has 0 aromatic carbocycles. The molecular weight excluding hydrogens is 208 g/mol. The molecule has 0 fully saturated rings. The highest BCUT2D eigenvalue weighted by molar-refractivity contribution is 7.15. The molecule has 15 heavy (non-hydrogen) atoms. The molecule has 2 rings (SSSR count). The van der Waals surface area contributed by atoms with Crippen molar-refractivity contribution in [1.82, 2.24) is 10.5 Å². The van der Waals surface area contributed by atoms with Crippen LogP contribution in [0.1, 0.15) is 17.4 Å². The van der Waals surface area contributed by atoms with Crippen LogP contribution in [0.25, 0.3) is 10.6 Å². The zero-order valence-corrected chi connectivity index (χ0v) is 9.73. The third-order valence-electron chi connectivity index (χ3n) is 2.17. The number of nitrogens with zero attached hydrogens (tertiary/aromatic N) is 1. The van der Waals surface area contributed by atoms with Gasteiger partial charge in [0.2, 0.25) is 0 Å². The van der Waals surface area contributed by atoms with Gasteiger partial charge in [0.1, 0.15) is 0 Å². The molecule has 2 aromatic rings. The predicted octanol–water partition coefficient (Wildman–Crippen LogP) is 2.82. The topological polar surface area (TPSA) is 38.1 Å². The fourth-order valence-corrected chi connectivity index (χ4v) is 2.29. The minimum absolute atomic E-state index is 0.812. The van der Waals surface area contributed by atoms with Gasteiger partial charge in [-0.1, -0.05) is 12.1 Å². The Kier molecular flexibility index (Phi) is 3.18. The first-order valence-corrected chi connectivity index (χ1v) is 5.84. The number of aromatic nitrogens is 1. The SMILES string of the molecule is CCNCc1cnoc1-c1ccc(C)s1. The van der Waals surface area contributed by atoms with Crippen molar-refractivity contribution in [1.29, 1.82) is 0 Å². The molecule has 0 atom stereocenters. The highest BCUT2D eigenvalue weighted by Crippen LogP contribution is 2.30. The van der Waals surface area contributed by atoms with Crippen molar-refractivity contribution >= 4 is 11.3 Å². The van der Waals surface area contributed by atoms with Crippen molar-refractivity contribution < 1.29 is 4.52 Å². The van der Waals surface area contributed by atoms with Crippen molar-refractivity contribution in [3.05, 3.63) is 28.8 Å². The van der Waals surface area contributed by atoms with Gasteiger partial charge in [0.25, 0.3) is 0 Å². The predicted molar refractivity (Wildman–Crippen MR) is 61.9 cm³/mol. The minimum atomic E-state index is 0.812. The molecule has 80 valence electrons. The minimum Gasteiger partial charge on any atom is -0.355 e. The Bertz CT molecular complexity index is 433. The first-order chi connectivity index (χ1) is 7.31. The molecule has 0 amide bonds. The number of hydrogen-bond donors (Lipinski definition) is 1. The van der Waals surface area contributed by atoms with E-state index in [0.29, 0.717) is 0 Å². The second-order valence-electron chi connectivity index (χ2n) is 3.37. The summed E-state index contributed by atoms with van der Waals surface area (Å²) in [5.41, 5.74) is 1.12. The molecule has 0 aliphatic rings. The highest BCUT2D eigenvalue weighted by atomic mass is 32.1. The Morgan fingerprint density at radius 3 is 3.00 bits per heavy atom.